The molecule has 2 rings (SSSR count). The minimum Gasteiger partial charge on any atom is -0.481 e. The molecule has 2 unspecified atom stereocenters. The number of hydrogen-bond acceptors (Lipinski definition) is 3. The Balaban J connectivity index is 2.19. The largest absolute Gasteiger partial charge is 0.481 e. The van der Waals surface area contributed by atoms with Crippen LogP contribution in [0.1, 0.15) is 25.7 Å². The Morgan fingerprint density at radius 3 is 2.65 bits per heavy atom. The summed E-state index contributed by atoms with van der Waals surface area (Å²) in [6, 6.07) is 0. The van der Waals surface area contributed by atoms with Crippen LogP contribution in [0.5, 0.6) is 0 Å². The third kappa shape index (κ3) is 2.37. The van der Waals surface area contributed by atoms with Gasteiger partial charge in [-0.2, -0.15) is 4.31 Å². The van der Waals surface area contributed by atoms with Crippen molar-refractivity contribution in [2.24, 2.45) is 5.92 Å². The van der Waals surface area contributed by atoms with E-state index in [4.69, 9.17) is 5.11 Å². The van der Waals surface area contributed by atoms with Gasteiger partial charge in [0, 0.05) is 13.1 Å². The minimum absolute atomic E-state index is 0.380. The second-order valence-corrected chi connectivity index (χ2v) is 6.73. The smallest absolute Gasteiger partial charge is 0.307 e. The first-order chi connectivity index (χ1) is 8.03. The van der Waals surface area contributed by atoms with Gasteiger partial charge in [-0.1, -0.05) is 18.6 Å². The van der Waals surface area contributed by atoms with E-state index in [0.29, 0.717) is 38.8 Å². The van der Waals surface area contributed by atoms with E-state index < -0.39 is 27.2 Å². The van der Waals surface area contributed by atoms with E-state index >= 15 is 0 Å². The summed E-state index contributed by atoms with van der Waals surface area (Å²) >= 11 is 0. The number of sulfonamides is 1. The standard InChI is InChI=1S/C11H17NO4S/c13-11(14)9-5-4-6-10(9)17(15,16)12-7-2-1-3-8-12/h1-2,9-10H,3-8H2,(H,13,14). The Morgan fingerprint density at radius 1 is 1.29 bits per heavy atom. The van der Waals surface area contributed by atoms with E-state index in [9.17, 15) is 13.2 Å². The molecule has 96 valence electrons. The van der Waals surface area contributed by atoms with Gasteiger partial charge < -0.3 is 5.11 Å². The second-order valence-electron chi connectivity index (χ2n) is 4.58. The SMILES string of the molecule is O=C(O)C1CCCC1S(=O)(=O)N1CC=CCC1. The van der Waals surface area contributed by atoms with E-state index in [0.717, 1.165) is 0 Å². The van der Waals surface area contributed by atoms with Crippen LogP contribution in [-0.4, -0.2) is 42.1 Å². The molecule has 17 heavy (non-hydrogen) atoms. The summed E-state index contributed by atoms with van der Waals surface area (Å²) in [6.45, 7) is 0.854. The van der Waals surface area contributed by atoms with Crippen LogP contribution >= 0.6 is 0 Å². The molecule has 6 heteroatoms. The molecule has 5 nitrogen and oxygen atoms in total. The lowest BCUT2D eigenvalue weighted by Gasteiger charge is -2.27. The zero-order valence-corrected chi connectivity index (χ0v) is 10.4. The molecule has 1 aliphatic carbocycles. The average Bonchev–Trinajstić information content (AvgIpc) is 2.80. The van der Waals surface area contributed by atoms with E-state index in [1.807, 2.05) is 12.2 Å². The fourth-order valence-corrected chi connectivity index (χ4v) is 4.78. The van der Waals surface area contributed by atoms with Crippen LogP contribution in [0.15, 0.2) is 12.2 Å². The Bertz CT molecular complexity index is 429. The number of aliphatic carboxylic acids is 1. The molecule has 1 aliphatic heterocycles. The summed E-state index contributed by atoms with van der Waals surface area (Å²) in [6.07, 6.45) is 6.12. The molecule has 1 N–H and O–H groups in total. The number of carboxylic acids is 1. The maximum atomic E-state index is 12.3. The number of carboxylic acid groups (broad SMARTS) is 1. The lowest BCUT2D eigenvalue weighted by atomic mass is 10.1. The van der Waals surface area contributed by atoms with Gasteiger partial charge in [-0.15, -0.1) is 0 Å². The Morgan fingerprint density at radius 2 is 2.06 bits per heavy atom. The van der Waals surface area contributed by atoms with Crippen molar-refractivity contribution in [3.63, 3.8) is 0 Å². The van der Waals surface area contributed by atoms with Crippen molar-refractivity contribution in [1.82, 2.24) is 4.31 Å². The molecular formula is C11H17NO4S. The van der Waals surface area contributed by atoms with Crippen LogP contribution in [0.25, 0.3) is 0 Å². The highest BCUT2D eigenvalue weighted by molar-refractivity contribution is 7.89. The van der Waals surface area contributed by atoms with Crippen molar-refractivity contribution in [3.8, 4) is 0 Å². The highest BCUT2D eigenvalue weighted by Crippen LogP contribution is 2.33. The van der Waals surface area contributed by atoms with Crippen molar-refractivity contribution >= 4 is 16.0 Å². The third-order valence-electron chi connectivity index (χ3n) is 3.53. The molecule has 0 saturated heterocycles. The predicted octanol–water partition coefficient (Wildman–Crippen LogP) is 0.831. The summed E-state index contributed by atoms with van der Waals surface area (Å²) in [5.41, 5.74) is 0. The molecule has 0 bridgehead atoms. The fraction of sp³-hybridized carbons (Fsp3) is 0.727. The zero-order chi connectivity index (χ0) is 12.5. The lowest BCUT2D eigenvalue weighted by molar-refractivity contribution is -0.141. The van der Waals surface area contributed by atoms with Gasteiger partial charge in [0.25, 0.3) is 0 Å². The normalized spacial score (nSPS) is 30.6. The van der Waals surface area contributed by atoms with Gasteiger partial charge in [0.1, 0.15) is 0 Å². The van der Waals surface area contributed by atoms with Gasteiger partial charge in [-0.25, -0.2) is 8.42 Å². The average molecular weight is 259 g/mol. The van der Waals surface area contributed by atoms with Crippen molar-refractivity contribution in [2.45, 2.75) is 30.9 Å². The van der Waals surface area contributed by atoms with Crippen molar-refractivity contribution < 1.29 is 18.3 Å². The van der Waals surface area contributed by atoms with Crippen LogP contribution in [0.4, 0.5) is 0 Å². The van der Waals surface area contributed by atoms with Crippen LogP contribution in [0.3, 0.4) is 0 Å². The molecule has 0 aromatic rings. The molecule has 0 amide bonds. The highest BCUT2D eigenvalue weighted by atomic mass is 32.2. The first kappa shape index (κ1) is 12.6. The highest BCUT2D eigenvalue weighted by Gasteiger charge is 2.44. The van der Waals surface area contributed by atoms with Crippen LogP contribution < -0.4 is 0 Å². The van der Waals surface area contributed by atoms with Gasteiger partial charge in [-0.3, -0.25) is 4.79 Å². The van der Waals surface area contributed by atoms with Crippen LogP contribution in [-0.2, 0) is 14.8 Å². The molecule has 1 fully saturated rings. The topological polar surface area (TPSA) is 74.7 Å². The first-order valence-electron chi connectivity index (χ1n) is 5.90. The molecule has 0 aromatic heterocycles. The van der Waals surface area contributed by atoms with E-state index in [1.165, 1.54) is 4.31 Å². The number of carbonyl (C=O) groups is 1. The molecule has 0 aromatic carbocycles. The summed E-state index contributed by atoms with van der Waals surface area (Å²) < 4.78 is 26.1. The number of hydrogen-bond donors (Lipinski definition) is 1. The summed E-state index contributed by atoms with van der Waals surface area (Å²) in [7, 11) is -3.45. The molecule has 0 spiro atoms. The van der Waals surface area contributed by atoms with Gasteiger partial charge in [0.05, 0.1) is 11.2 Å². The maximum Gasteiger partial charge on any atom is 0.307 e. The fourth-order valence-electron chi connectivity index (χ4n) is 2.61. The summed E-state index contributed by atoms with van der Waals surface area (Å²) in [5, 5.41) is 8.32. The molecule has 1 heterocycles. The second kappa shape index (κ2) is 4.78. The van der Waals surface area contributed by atoms with Crippen molar-refractivity contribution in [3.05, 3.63) is 12.2 Å². The summed E-state index contributed by atoms with van der Waals surface area (Å²) in [5.74, 6) is -1.71. The molecule has 1 saturated carbocycles. The van der Waals surface area contributed by atoms with Crippen molar-refractivity contribution in [1.29, 1.82) is 0 Å². The summed E-state index contributed by atoms with van der Waals surface area (Å²) in [4.78, 5) is 11.0. The Hall–Kier alpha value is -0.880. The quantitative estimate of drug-likeness (QED) is 0.762. The number of rotatable bonds is 3. The third-order valence-corrected chi connectivity index (χ3v) is 5.91. The molecular weight excluding hydrogens is 242 g/mol. The predicted molar refractivity (Wildman–Crippen MR) is 63.0 cm³/mol. The Kier molecular flexibility index (Phi) is 3.53. The van der Waals surface area contributed by atoms with Crippen LogP contribution in [0, 0.1) is 5.92 Å². The first-order valence-corrected chi connectivity index (χ1v) is 7.40. The van der Waals surface area contributed by atoms with Gasteiger partial charge in [-0.05, 0) is 19.3 Å². The van der Waals surface area contributed by atoms with E-state index in [-0.39, 0.29) is 0 Å². The minimum atomic E-state index is -3.45. The van der Waals surface area contributed by atoms with E-state index in [2.05, 4.69) is 0 Å². The molecule has 0 radical (unpaired) electrons. The zero-order valence-electron chi connectivity index (χ0n) is 9.58. The van der Waals surface area contributed by atoms with Gasteiger partial charge >= 0.3 is 5.97 Å². The van der Waals surface area contributed by atoms with Gasteiger partial charge in [0.2, 0.25) is 10.0 Å². The lowest BCUT2D eigenvalue weighted by Crippen LogP contribution is -2.43. The van der Waals surface area contributed by atoms with Crippen molar-refractivity contribution in [2.75, 3.05) is 13.1 Å². The molecule has 2 atom stereocenters. The monoisotopic (exact) mass is 259 g/mol. The Labute approximate surface area is 101 Å². The number of nitrogens with zero attached hydrogens (tertiary/aromatic N) is 1. The molecule has 2 aliphatic rings. The van der Waals surface area contributed by atoms with Gasteiger partial charge in [0.15, 0.2) is 0 Å². The maximum absolute atomic E-state index is 12.3. The van der Waals surface area contributed by atoms with E-state index in [1.54, 1.807) is 0 Å². The van der Waals surface area contributed by atoms with Crippen LogP contribution in [0.2, 0.25) is 0 Å².